The van der Waals surface area contributed by atoms with Gasteiger partial charge in [0.25, 0.3) is 0 Å². The molecule has 1 aliphatic heterocycles. The zero-order valence-corrected chi connectivity index (χ0v) is 11.5. The van der Waals surface area contributed by atoms with E-state index in [2.05, 4.69) is 17.0 Å². The van der Waals surface area contributed by atoms with Crippen molar-refractivity contribution in [2.75, 3.05) is 12.3 Å². The van der Waals surface area contributed by atoms with Gasteiger partial charge < -0.3 is 5.73 Å². The number of halogens is 1. The van der Waals surface area contributed by atoms with Crippen LogP contribution in [0.25, 0.3) is 0 Å². The largest absolute Gasteiger partial charge is 0.398 e. The van der Waals surface area contributed by atoms with Crippen molar-refractivity contribution in [1.29, 1.82) is 0 Å². The van der Waals surface area contributed by atoms with Crippen LogP contribution in [0.15, 0.2) is 42.5 Å². The second-order valence-electron chi connectivity index (χ2n) is 5.08. The highest BCUT2D eigenvalue weighted by atomic mass is 35.5. The Morgan fingerprint density at radius 1 is 1.16 bits per heavy atom. The summed E-state index contributed by atoms with van der Waals surface area (Å²) in [6.07, 6.45) is 1.07. The molecule has 2 N–H and O–H groups in total. The van der Waals surface area contributed by atoms with E-state index in [1.807, 2.05) is 30.3 Å². The summed E-state index contributed by atoms with van der Waals surface area (Å²) in [7, 11) is 0. The van der Waals surface area contributed by atoms with Gasteiger partial charge in [-0.1, -0.05) is 35.9 Å². The molecule has 19 heavy (non-hydrogen) atoms. The van der Waals surface area contributed by atoms with E-state index in [9.17, 15) is 0 Å². The van der Waals surface area contributed by atoms with Gasteiger partial charge in [-0.3, -0.25) is 4.90 Å². The Labute approximate surface area is 118 Å². The standard InChI is InChI=1S/C16H17ClN2/c17-14-5-1-3-12(9-14)10-19-8-7-13-4-2-6-16(18)15(13)11-19/h1-6,9H,7-8,10-11,18H2. The monoisotopic (exact) mass is 272 g/mol. The fourth-order valence-corrected chi connectivity index (χ4v) is 2.90. The highest BCUT2D eigenvalue weighted by Gasteiger charge is 2.17. The van der Waals surface area contributed by atoms with E-state index < -0.39 is 0 Å². The van der Waals surface area contributed by atoms with Crippen LogP contribution in [-0.4, -0.2) is 11.4 Å². The fourth-order valence-electron chi connectivity index (χ4n) is 2.69. The lowest BCUT2D eigenvalue weighted by Crippen LogP contribution is -2.30. The molecule has 0 saturated carbocycles. The van der Waals surface area contributed by atoms with Gasteiger partial charge in [-0.2, -0.15) is 0 Å². The zero-order chi connectivity index (χ0) is 13.2. The second-order valence-corrected chi connectivity index (χ2v) is 5.51. The molecule has 0 atom stereocenters. The van der Waals surface area contributed by atoms with Gasteiger partial charge in [0.15, 0.2) is 0 Å². The molecule has 0 spiro atoms. The van der Waals surface area contributed by atoms with Crippen molar-refractivity contribution < 1.29 is 0 Å². The summed E-state index contributed by atoms with van der Waals surface area (Å²) in [6.45, 7) is 2.92. The number of nitrogens with zero attached hydrogens (tertiary/aromatic N) is 1. The number of nitrogen functional groups attached to an aromatic ring is 1. The van der Waals surface area contributed by atoms with Crippen molar-refractivity contribution >= 4 is 17.3 Å². The summed E-state index contributed by atoms with van der Waals surface area (Å²) < 4.78 is 0. The minimum absolute atomic E-state index is 0.800. The molecule has 1 aliphatic rings. The van der Waals surface area contributed by atoms with E-state index in [1.165, 1.54) is 16.7 Å². The van der Waals surface area contributed by atoms with Crippen LogP contribution in [0.4, 0.5) is 5.69 Å². The number of fused-ring (bicyclic) bond motifs is 1. The molecule has 2 aromatic carbocycles. The number of hydrogen-bond acceptors (Lipinski definition) is 2. The van der Waals surface area contributed by atoms with Crippen molar-refractivity contribution in [1.82, 2.24) is 4.90 Å². The first kappa shape index (κ1) is 12.5. The van der Waals surface area contributed by atoms with Gasteiger partial charge in [0, 0.05) is 30.3 Å². The van der Waals surface area contributed by atoms with Gasteiger partial charge in [0.2, 0.25) is 0 Å². The van der Waals surface area contributed by atoms with Crippen LogP contribution in [0.3, 0.4) is 0 Å². The van der Waals surface area contributed by atoms with Gasteiger partial charge in [-0.05, 0) is 41.3 Å². The van der Waals surface area contributed by atoms with Crippen LogP contribution in [-0.2, 0) is 19.5 Å². The average molecular weight is 273 g/mol. The first-order valence-electron chi connectivity index (χ1n) is 6.55. The number of nitrogens with two attached hydrogens (primary N) is 1. The minimum Gasteiger partial charge on any atom is -0.398 e. The summed E-state index contributed by atoms with van der Waals surface area (Å²) in [4.78, 5) is 2.42. The van der Waals surface area contributed by atoms with E-state index >= 15 is 0 Å². The van der Waals surface area contributed by atoms with Crippen molar-refractivity contribution in [2.24, 2.45) is 0 Å². The molecule has 0 amide bonds. The van der Waals surface area contributed by atoms with Gasteiger partial charge in [0.1, 0.15) is 0 Å². The average Bonchev–Trinajstić information content (AvgIpc) is 2.40. The van der Waals surface area contributed by atoms with Crippen molar-refractivity contribution in [3.63, 3.8) is 0 Å². The topological polar surface area (TPSA) is 29.3 Å². The Morgan fingerprint density at radius 2 is 2.00 bits per heavy atom. The van der Waals surface area contributed by atoms with Crippen LogP contribution < -0.4 is 5.73 Å². The predicted octanol–water partition coefficient (Wildman–Crippen LogP) is 3.48. The van der Waals surface area contributed by atoms with E-state index in [-0.39, 0.29) is 0 Å². The third-order valence-corrected chi connectivity index (χ3v) is 3.92. The smallest absolute Gasteiger partial charge is 0.0409 e. The molecule has 0 aliphatic carbocycles. The summed E-state index contributed by atoms with van der Waals surface area (Å²) in [6, 6.07) is 14.3. The quantitative estimate of drug-likeness (QED) is 0.848. The lowest BCUT2D eigenvalue weighted by Gasteiger charge is -2.29. The summed E-state index contributed by atoms with van der Waals surface area (Å²) in [5.74, 6) is 0. The van der Waals surface area contributed by atoms with E-state index in [4.69, 9.17) is 17.3 Å². The Bertz CT molecular complexity index is 595. The van der Waals surface area contributed by atoms with Crippen molar-refractivity contribution in [3.05, 3.63) is 64.2 Å². The lowest BCUT2D eigenvalue weighted by atomic mass is 9.98. The molecule has 0 aromatic heterocycles. The SMILES string of the molecule is Nc1cccc2c1CN(Cc1cccc(Cl)c1)CC2. The van der Waals surface area contributed by atoms with Crippen LogP contribution >= 0.6 is 11.6 Å². The van der Waals surface area contributed by atoms with Gasteiger partial charge in [-0.15, -0.1) is 0 Å². The normalized spacial score (nSPS) is 15.2. The summed E-state index contributed by atoms with van der Waals surface area (Å²) in [5, 5.41) is 0.800. The molecule has 0 unspecified atom stereocenters. The molecule has 2 nitrogen and oxygen atoms in total. The van der Waals surface area contributed by atoms with Crippen LogP contribution in [0.2, 0.25) is 5.02 Å². The predicted molar refractivity (Wildman–Crippen MR) is 80.1 cm³/mol. The fraction of sp³-hybridized carbons (Fsp3) is 0.250. The molecule has 0 radical (unpaired) electrons. The molecule has 98 valence electrons. The minimum atomic E-state index is 0.800. The lowest BCUT2D eigenvalue weighted by molar-refractivity contribution is 0.246. The summed E-state index contributed by atoms with van der Waals surface area (Å²) >= 11 is 6.03. The van der Waals surface area contributed by atoms with Gasteiger partial charge >= 0.3 is 0 Å². The third-order valence-electron chi connectivity index (χ3n) is 3.68. The maximum absolute atomic E-state index is 6.07. The van der Waals surface area contributed by atoms with E-state index in [0.717, 1.165) is 36.8 Å². The first-order chi connectivity index (χ1) is 9.22. The van der Waals surface area contributed by atoms with Gasteiger partial charge in [0.05, 0.1) is 0 Å². The van der Waals surface area contributed by atoms with E-state index in [1.54, 1.807) is 0 Å². The maximum Gasteiger partial charge on any atom is 0.0409 e. The number of benzene rings is 2. The van der Waals surface area contributed by atoms with Gasteiger partial charge in [-0.25, -0.2) is 0 Å². The van der Waals surface area contributed by atoms with Crippen LogP contribution in [0.5, 0.6) is 0 Å². The Kier molecular flexibility index (Phi) is 3.45. The number of rotatable bonds is 2. The van der Waals surface area contributed by atoms with Crippen molar-refractivity contribution in [3.8, 4) is 0 Å². The molecule has 0 fully saturated rings. The molecule has 3 heteroatoms. The molecule has 1 heterocycles. The number of anilines is 1. The summed E-state index contributed by atoms with van der Waals surface area (Å²) in [5.41, 5.74) is 10.9. The Hall–Kier alpha value is -1.51. The Balaban J connectivity index is 1.77. The first-order valence-corrected chi connectivity index (χ1v) is 6.93. The van der Waals surface area contributed by atoms with Crippen LogP contribution in [0, 0.1) is 0 Å². The molecule has 3 rings (SSSR count). The molecular formula is C16H17ClN2. The van der Waals surface area contributed by atoms with E-state index in [0.29, 0.717) is 0 Å². The second kappa shape index (κ2) is 5.24. The number of hydrogen-bond donors (Lipinski definition) is 1. The van der Waals surface area contributed by atoms with Crippen molar-refractivity contribution in [2.45, 2.75) is 19.5 Å². The molecule has 2 aromatic rings. The zero-order valence-electron chi connectivity index (χ0n) is 10.8. The molecule has 0 saturated heterocycles. The molecular weight excluding hydrogens is 256 g/mol. The Morgan fingerprint density at radius 3 is 2.84 bits per heavy atom. The highest BCUT2D eigenvalue weighted by molar-refractivity contribution is 6.30. The molecule has 0 bridgehead atoms. The third kappa shape index (κ3) is 2.75. The highest BCUT2D eigenvalue weighted by Crippen LogP contribution is 2.25. The van der Waals surface area contributed by atoms with Crippen LogP contribution in [0.1, 0.15) is 16.7 Å². The maximum atomic E-state index is 6.07.